The van der Waals surface area contributed by atoms with Gasteiger partial charge in [0.15, 0.2) is 0 Å². The van der Waals surface area contributed by atoms with Gasteiger partial charge in [0.05, 0.1) is 24.2 Å². The minimum absolute atomic E-state index is 0.182. The molecule has 4 nitrogen and oxygen atoms in total. The Kier molecular flexibility index (Phi) is 16.9. The van der Waals surface area contributed by atoms with Crippen LogP contribution in [0.2, 0.25) is 0 Å². The van der Waals surface area contributed by atoms with Crippen molar-refractivity contribution in [2.75, 3.05) is 12.5 Å². The van der Waals surface area contributed by atoms with Gasteiger partial charge in [0.1, 0.15) is 0 Å². The van der Waals surface area contributed by atoms with E-state index in [4.69, 9.17) is 11.6 Å². The van der Waals surface area contributed by atoms with Crippen molar-refractivity contribution < 1.29 is 15.0 Å². The fraction of sp³-hybridized carbons (Fsp3) is 0.870. The van der Waals surface area contributed by atoms with Gasteiger partial charge in [0.25, 0.3) is 0 Å². The van der Waals surface area contributed by atoms with Gasteiger partial charge in [-0.2, -0.15) is 0 Å². The first-order valence-corrected chi connectivity index (χ1v) is 11.7. The Bertz CT molecular complexity index is 413. The topological polar surface area (TPSA) is 69.6 Å². The summed E-state index contributed by atoms with van der Waals surface area (Å²) in [5.41, 5.74) is -0.728. The normalized spacial score (nSPS) is 14.4. The third kappa shape index (κ3) is 13.6. The number of hydrogen-bond donors (Lipinski definition) is 3. The standard InChI is InChI=1S/C23H44ClNO3/c1-4-5-6-7-8-9-10-11-12-13-14-15-16-17-21(27)20(18-26)25-22(28)23(2,3)19-24/h16-17,20-21,26-27H,4-15,18-19H2,1-3H3,(H,25,28). The molecule has 2 atom stereocenters. The lowest BCUT2D eigenvalue weighted by atomic mass is 9.94. The molecule has 0 spiro atoms. The minimum atomic E-state index is -0.896. The highest BCUT2D eigenvalue weighted by Gasteiger charge is 2.29. The SMILES string of the molecule is CCCCCCCCCCCCCC=CC(O)C(CO)NC(=O)C(C)(C)CCl. The molecule has 0 radical (unpaired) electrons. The maximum Gasteiger partial charge on any atom is 0.227 e. The summed E-state index contributed by atoms with van der Waals surface area (Å²) in [7, 11) is 0. The molecule has 5 heteroatoms. The molecule has 0 saturated carbocycles. The van der Waals surface area contributed by atoms with E-state index in [9.17, 15) is 15.0 Å². The van der Waals surface area contributed by atoms with E-state index in [1.165, 1.54) is 64.2 Å². The van der Waals surface area contributed by atoms with Gasteiger partial charge in [0, 0.05) is 5.88 Å². The van der Waals surface area contributed by atoms with Gasteiger partial charge in [-0.3, -0.25) is 4.79 Å². The first kappa shape index (κ1) is 27.4. The zero-order valence-electron chi connectivity index (χ0n) is 18.4. The van der Waals surface area contributed by atoms with Crippen LogP contribution in [0.4, 0.5) is 0 Å². The van der Waals surface area contributed by atoms with Gasteiger partial charge in [-0.15, -0.1) is 11.6 Å². The van der Waals surface area contributed by atoms with Crippen LogP contribution in [0.25, 0.3) is 0 Å². The highest BCUT2D eigenvalue weighted by molar-refractivity contribution is 6.19. The van der Waals surface area contributed by atoms with Crippen molar-refractivity contribution in [3.8, 4) is 0 Å². The quantitative estimate of drug-likeness (QED) is 0.160. The van der Waals surface area contributed by atoms with E-state index in [0.717, 1.165) is 12.8 Å². The molecular formula is C23H44ClNO3. The Balaban J connectivity index is 3.80. The molecule has 0 rings (SSSR count). The number of amides is 1. The molecule has 0 aromatic carbocycles. The van der Waals surface area contributed by atoms with Crippen molar-refractivity contribution in [2.45, 2.75) is 110 Å². The van der Waals surface area contributed by atoms with Crippen LogP contribution >= 0.6 is 11.6 Å². The summed E-state index contributed by atoms with van der Waals surface area (Å²) in [5, 5.41) is 22.3. The summed E-state index contributed by atoms with van der Waals surface area (Å²) >= 11 is 5.79. The van der Waals surface area contributed by atoms with Crippen LogP contribution in [-0.4, -0.2) is 40.8 Å². The smallest absolute Gasteiger partial charge is 0.227 e. The predicted octanol–water partition coefficient (Wildman–Crippen LogP) is 5.35. The van der Waals surface area contributed by atoms with E-state index in [2.05, 4.69) is 12.2 Å². The Labute approximate surface area is 178 Å². The largest absolute Gasteiger partial charge is 0.394 e. The molecule has 0 heterocycles. The average Bonchev–Trinajstić information content (AvgIpc) is 2.69. The van der Waals surface area contributed by atoms with Crippen LogP contribution in [0.3, 0.4) is 0 Å². The number of aliphatic hydroxyl groups is 2. The maximum absolute atomic E-state index is 12.1. The van der Waals surface area contributed by atoms with Crippen LogP contribution in [0.5, 0.6) is 0 Å². The second-order valence-corrected chi connectivity index (χ2v) is 8.79. The lowest BCUT2D eigenvalue weighted by Gasteiger charge is -2.26. The van der Waals surface area contributed by atoms with Crippen LogP contribution in [-0.2, 0) is 4.79 Å². The van der Waals surface area contributed by atoms with Crippen molar-refractivity contribution in [1.29, 1.82) is 0 Å². The molecule has 0 bridgehead atoms. The molecule has 166 valence electrons. The average molecular weight is 418 g/mol. The molecule has 0 aromatic heterocycles. The van der Waals surface area contributed by atoms with Gasteiger partial charge >= 0.3 is 0 Å². The van der Waals surface area contributed by atoms with Crippen LogP contribution < -0.4 is 5.32 Å². The lowest BCUT2D eigenvalue weighted by molar-refractivity contribution is -0.130. The third-order valence-electron chi connectivity index (χ3n) is 5.18. The summed E-state index contributed by atoms with van der Waals surface area (Å²) < 4.78 is 0. The number of nitrogens with one attached hydrogen (secondary N) is 1. The molecule has 1 amide bonds. The third-order valence-corrected chi connectivity index (χ3v) is 5.85. The van der Waals surface area contributed by atoms with E-state index in [1.54, 1.807) is 19.9 Å². The Morgan fingerprint density at radius 2 is 1.50 bits per heavy atom. The number of allylic oxidation sites excluding steroid dienone is 1. The summed E-state index contributed by atoms with van der Waals surface area (Å²) in [5.74, 6) is -0.0822. The number of unbranched alkanes of at least 4 members (excludes halogenated alkanes) is 11. The van der Waals surface area contributed by atoms with Gasteiger partial charge in [-0.1, -0.05) is 83.3 Å². The van der Waals surface area contributed by atoms with Crippen molar-refractivity contribution in [1.82, 2.24) is 5.32 Å². The first-order chi connectivity index (χ1) is 13.4. The predicted molar refractivity (Wildman–Crippen MR) is 120 cm³/mol. The molecule has 0 aliphatic heterocycles. The second kappa shape index (κ2) is 17.3. The summed E-state index contributed by atoms with van der Waals surface area (Å²) in [6.07, 6.45) is 18.1. The minimum Gasteiger partial charge on any atom is -0.394 e. The highest BCUT2D eigenvalue weighted by Crippen LogP contribution is 2.17. The van der Waals surface area contributed by atoms with Crippen molar-refractivity contribution in [3.63, 3.8) is 0 Å². The number of hydrogen-bond acceptors (Lipinski definition) is 3. The van der Waals surface area contributed by atoms with Gasteiger partial charge < -0.3 is 15.5 Å². The molecule has 0 aliphatic carbocycles. The van der Waals surface area contributed by atoms with E-state index < -0.39 is 17.6 Å². The number of alkyl halides is 1. The molecule has 28 heavy (non-hydrogen) atoms. The maximum atomic E-state index is 12.1. The van der Waals surface area contributed by atoms with Gasteiger partial charge in [0.2, 0.25) is 5.91 Å². The number of carbonyl (C=O) groups is 1. The molecule has 0 aliphatic rings. The lowest BCUT2D eigenvalue weighted by Crippen LogP contribution is -2.50. The molecule has 0 aromatic rings. The molecule has 2 unspecified atom stereocenters. The number of aliphatic hydroxyl groups excluding tert-OH is 2. The highest BCUT2D eigenvalue weighted by atomic mass is 35.5. The second-order valence-electron chi connectivity index (χ2n) is 8.52. The Hall–Kier alpha value is -0.580. The zero-order chi connectivity index (χ0) is 21.3. The van der Waals surface area contributed by atoms with Gasteiger partial charge in [-0.25, -0.2) is 0 Å². The molecular weight excluding hydrogens is 374 g/mol. The summed E-state index contributed by atoms with van der Waals surface area (Å²) in [6, 6.07) is -0.705. The number of halogens is 1. The number of carbonyl (C=O) groups excluding carboxylic acids is 1. The Morgan fingerprint density at radius 3 is 1.96 bits per heavy atom. The molecule has 3 N–H and O–H groups in total. The van der Waals surface area contributed by atoms with Crippen molar-refractivity contribution in [3.05, 3.63) is 12.2 Å². The van der Waals surface area contributed by atoms with Crippen LogP contribution in [0.15, 0.2) is 12.2 Å². The Morgan fingerprint density at radius 1 is 1.00 bits per heavy atom. The summed E-state index contributed by atoms with van der Waals surface area (Å²) in [6.45, 7) is 5.41. The van der Waals surface area contributed by atoms with Crippen molar-refractivity contribution in [2.24, 2.45) is 5.41 Å². The van der Waals surface area contributed by atoms with E-state index in [0.29, 0.717) is 0 Å². The van der Waals surface area contributed by atoms with Crippen LogP contribution in [0.1, 0.15) is 97.8 Å². The fourth-order valence-corrected chi connectivity index (χ4v) is 3.08. The van der Waals surface area contributed by atoms with E-state index in [1.807, 2.05) is 6.08 Å². The zero-order valence-corrected chi connectivity index (χ0v) is 19.1. The van der Waals surface area contributed by atoms with Crippen LogP contribution in [0, 0.1) is 5.41 Å². The number of rotatable bonds is 18. The van der Waals surface area contributed by atoms with Crippen molar-refractivity contribution >= 4 is 17.5 Å². The fourth-order valence-electron chi connectivity index (χ4n) is 2.96. The molecule has 0 saturated heterocycles. The van der Waals surface area contributed by atoms with E-state index >= 15 is 0 Å². The first-order valence-electron chi connectivity index (χ1n) is 11.2. The van der Waals surface area contributed by atoms with E-state index in [-0.39, 0.29) is 18.4 Å². The molecule has 0 fully saturated rings. The monoisotopic (exact) mass is 417 g/mol. The van der Waals surface area contributed by atoms with Gasteiger partial charge in [-0.05, 0) is 26.7 Å². The summed E-state index contributed by atoms with van der Waals surface area (Å²) in [4.78, 5) is 12.1.